The van der Waals surface area contributed by atoms with E-state index in [1.807, 2.05) is 6.92 Å². The number of rotatable bonds is 23. The third kappa shape index (κ3) is 21.3. The standard InChI is InChI=1S/C25H47NO4/c1-2-19-23(22-27)26-24(28)20-17-15-13-11-9-7-5-3-4-6-8-10-12-14-16-18-21-25(29)30/h22-23H,2-21H2,1H3,(H,26,28)(H,29,30). The molecule has 5 heteroatoms. The lowest BCUT2D eigenvalue weighted by atomic mass is 10.0. The number of carboxylic acid groups (broad SMARTS) is 1. The second-order valence-electron chi connectivity index (χ2n) is 8.65. The second kappa shape index (κ2) is 22.3. The van der Waals surface area contributed by atoms with Gasteiger partial charge in [-0.2, -0.15) is 0 Å². The molecule has 1 amide bonds. The third-order valence-corrected chi connectivity index (χ3v) is 5.65. The summed E-state index contributed by atoms with van der Waals surface area (Å²) in [5.74, 6) is -0.661. The minimum absolute atomic E-state index is 0.0127. The Bertz CT molecular complexity index is 425. The first-order valence-corrected chi connectivity index (χ1v) is 12.6. The van der Waals surface area contributed by atoms with Crippen LogP contribution < -0.4 is 5.32 Å². The van der Waals surface area contributed by atoms with Crippen molar-refractivity contribution < 1.29 is 19.5 Å². The Kier molecular flexibility index (Phi) is 21.3. The first kappa shape index (κ1) is 28.6. The number of hydrogen-bond donors (Lipinski definition) is 2. The first-order valence-electron chi connectivity index (χ1n) is 12.6. The van der Waals surface area contributed by atoms with E-state index < -0.39 is 5.97 Å². The van der Waals surface area contributed by atoms with Crippen LogP contribution >= 0.6 is 0 Å². The molecule has 176 valence electrons. The first-order chi connectivity index (χ1) is 14.6. The van der Waals surface area contributed by atoms with Gasteiger partial charge in [0, 0.05) is 12.8 Å². The Morgan fingerprint density at radius 2 is 1.07 bits per heavy atom. The van der Waals surface area contributed by atoms with Crippen LogP contribution in [-0.4, -0.2) is 29.3 Å². The zero-order valence-electron chi connectivity index (χ0n) is 19.5. The molecule has 1 atom stereocenters. The fraction of sp³-hybridized carbons (Fsp3) is 0.880. The maximum atomic E-state index is 11.8. The molecule has 0 aromatic carbocycles. The zero-order chi connectivity index (χ0) is 22.3. The molecule has 1 unspecified atom stereocenters. The molecule has 0 saturated heterocycles. The Balaban J connectivity index is 3.22. The van der Waals surface area contributed by atoms with Gasteiger partial charge in [0.05, 0.1) is 6.04 Å². The maximum absolute atomic E-state index is 11.8. The van der Waals surface area contributed by atoms with Crippen LogP contribution in [0.2, 0.25) is 0 Å². The topological polar surface area (TPSA) is 83.5 Å². The lowest BCUT2D eigenvalue weighted by molar-refractivity contribution is -0.137. The Labute approximate surface area is 184 Å². The summed E-state index contributed by atoms with van der Waals surface area (Å²) in [5.41, 5.74) is 0. The lowest BCUT2D eigenvalue weighted by Crippen LogP contribution is -2.35. The average molecular weight is 426 g/mol. The van der Waals surface area contributed by atoms with Crippen LogP contribution in [0.25, 0.3) is 0 Å². The number of unbranched alkanes of at least 4 members (excludes halogenated alkanes) is 15. The summed E-state index contributed by atoms with van der Waals surface area (Å²) < 4.78 is 0. The van der Waals surface area contributed by atoms with Gasteiger partial charge in [0.1, 0.15) is 6.29 Å². The van der Waals surface area contributed by atoms with Crippen molar-refractivity contribution in [3.05, 3.63) is 0 Å². The van der Waals surface area contributed by atoms with E-state index in [0.29, 0.717) is 12.8 Å². The molecule has 0 fully saturated rings. The van der Waals surface area contributed by atoms with Gasteiger partial charge in [-0.1, -0.05) is 103 Å². The summed E-state index contributed by atoms with van der Waals surface area (Å²) in [6.45, 7) is 2.01. The van der Waals surface area contributed by atoms with Crippen LogP contribution in [0, 0.1) is 0 Å². The van der Waals surface area contributed by atoms with Gasteiger partial charge in [0.25, 0.3) is 0 Å². The number of aldehydes is 1. The molecule has 0 aliphatic carbocycles. The minimum Gasteiger partial charge on any atom is -0.481 e. The largest absolute Gasteiger partial charge is 0.481 e. The van der Waals surface area contributed by atoms with Crippen molar-refractivity contribution in [1.82, 2.24) is 5.32 Å². The van der Waals surface area contributed by atoms with Crippen molar-refractivity contribution >= 4 is 18.2 Å². The van der Waals surface area contributed by atoms with E-state index >= 15 is 0 Å². The highest BCUT2D eigenvalue weighted by Crippen LogP contribution is 2.14. The summed E-state index contributed by atoms with van der Waals surface area (Å²) >= 11 is 0. The van der Waals surface area contributed by atoms with Crippen molar-refractivity contribution in [2.45, 2.75) is 141 Å². The Morgan fingerprint density at radius 3 is 1.40 bits per heavy atom. The Morgan fingerprint density at radius 1 is 0.700 bits per heavy atom. The van der Waals surface area contributed by atoms with Crippen LogP contribution in [0.15, 0.2) is 0 Å². The summed E-state index contributed by atoms with van der Waals surface area (Å²) in [4.78, 5) is 33.0. The molecule has 0 saturated carbocycles. The van der Waals surface area contributed by atoms with Crippen LogP contribution in [-0.2, 0) is 14.4 Å². The second-order valence-corrected chi connectivity index (χ2v) is 8.65. The highest BCUT2D eigenvalue weighted by molar-refractivity contribution is 5.79. The number of nitrogens with one attached hydrogen (secondary N) is 1. The van der Waals surface area contributed by atoms with Crippen LogP contribution in [0.4, 0.5) is 0 Å². The third-order valence-electron chi connectivity index (χ3n) is 5.65. The van der Waals surface area contributed by atoms with Crippen molar-refractivity contribution in [2.24, 2.45) is 0 Å². The van der Waals surface area contributed by atoms with Crippen molar-refractivity contribution in [2.75, 3.05) is 0 Å². The van der Waals surface area contributed by atoms with Gasteiger partial charge >= 0.3 is 5.97 Å². The van der Waals surface area contributed by atoms with Gasteiger partial charge < -0.3 is 15.2 Å². The van der Waals surface area contributed by atoms with E-state index in [-0.39, 0.29) is 11.9 Å². The fourth-order valence-electron chi connectivity index (χ4n) is 3.80. The maximum Gasteiger partial charge on any atom is 0.303 e. The van der Waals surface area contributed by atoms with Crippen molar-refractivity contribution in [3.63, 3.8) is 0 Å². The van der Waals surface area contributed by atoms with E-state index in [1.54, 1.807) is 0 Å². The molecule has 0 aromatic rings. The normalized spacial score (nSPS) is 11.9. The van der Waals surface area contributed by atoms with Gasteiger partial charge in [0.2, 0.25) is 5.91 Å². The molecule has 30 heavy (non-hydrogen) atoms. The van der Waals surface area contributed by atoms with Gasteiger partial charge in [-0.3, -0.25) is 9.59 Å². The molecular formula is C25H47NO4. The SMILES string of the molecule is CCCC(C=O)NC(=O)CCCCCCCCCCCCCCCCCCC(=O)O. The molecule has 0 rings (SSSR count). The molecule has 0 aliphatic heterocycles. The molecule has 2 N–H and O–H groups in total. The summed E-state index contributed by atoms with van der Waals surface area (Å²) in [5, 5.41) is 11.4. The monoisotopic (exact) mass is 425 g/mol. The fourth-order valence-corrected chi connectivity index (χ4v) is 3.80. The van der Waals surface area contributed by atoms with Gasteiger partial charge in [-0.05, 0) is 19.3 Å². The summed E-state index contributed by atoms with van der Waals surface area (Å²) in [7, 11) is 0. The van der Waals surface area contributed by atoms with E-state index in [9.17, 15) is 14.4 Å². The number of carbonyl (C=O) groups is 3. The van der Waals surface area contributed by atoms with Crippen LogP contribution in [0.1, 0.15) is 135 Å². The number of carboxylic acids is 1. The number of hydrogen-bond acceptors (Lipinski definition) is 3. The number of carbonyl (C=O) groups excluding carboxylic acids is 2. The van der Waals surface area contributed by atoms with E-state index in [4.69, 9.17) is 5.11 Å². The predicted octanol–water partition coefficient (Wildman–Crippen LogP) is 6.58. The molecule has 0 bridgehead atoms. The van der Waals surface area contributed by atoms with Gasteiger partial charge in [-0.25, -0.2) is 0 Å². The molecule has 0 aliphatic rings. The molecule has 5 nitrogen and oxygen atoms in total. The minimum atomic E-state index is -0.674. The predicted molar refractivity (Wildman–Crippen MR) is 124 cm³/mol. The summed E-state index contributed by atoms with van der Waals surface area (Å²) in [6, 6.07) is -0.307. The number of amides is 1. The van der Waals surface area contributed by atoms with Crippen LogP contribution in [0.3, 0.4) is 0 Å². The van der Waals surface area contributed by atoms with Gasteiger partial charge in [-0.15, -0.1) is 0 Å². The molecular weight excluding hydrogens is 378 g/mol. The van der Waals surface area contributed by atoms with Crippen molar-refractivity contribution in [1.29, 1.82) is 0 Å². The molecule has 0 radical (unpaired) electrons. The highest BCUT2D eigenvalue weighted by Gasteiger charge is 2.09. The van der Waals surface area contributed by atoms with E-state index in [0.717, 1.165) is 44.8 Å². The van der Waals surface area contributed by atoms with Gasteiger partial charge in [0.15, 0.2) is 0 Å². The number of aliphatic carboxylic acids is 1. The zero-order valence-corrected chi connectivity index (χ0v) is 19.5. The smallest absolute Gasteiger partial charge is 0.303 e. The van der Waals surface area contributed by atoms with Crippen LogP contribution in [0.5, 0.6) is 0 Å². The average Bonchev–Trinajstić information content (AvgIpc) is 2.72. The lowest BCUT2D eigenvalue weighted by Gasteiger charge is -2.11. The molecule has 0 spiro atoms. The highest BCUT2D eigenvalue weighted by atomic mass is 16.4. The summed E-state index contributed by atoms with van der Waals surface area (Å²) in [6.07, 6.45) is 22.7. The van der Waals surface area contributed by atoms with E-state index in [1.165, 1.54) is 77.0 Å². The van der Waals surface area contributed by atoms with E-state index in [2.05, 4.69) is 5.32 Å². The molecule has 0 aromatic heterocycles. The Hall–Kier alpha value is -1.39. The quantitative estimate of drug-likeness (QED) is 0.143. The molecule has 0 heterocycles. The van der Waals surface area contributed by atoms with Crippen molar-refractivity contribution in [3.8, 4) is 0 Å².